The van der Waals surface area contributed by atoms with Crippen molar-refractivity contribution in [3.8, 4) is 0 Å². The van der Waals surface area contributed by atoms with E-state index < -0.39 is 30.0 Å². The number of hydrogen-bond acceptors (Lipinski definition) is 6. The number of carbonyl (C=O) groups is 3. The van der Waals surface area contributed by atoms with E-state index in [2.05, 4.69) is 19.2 Å². The van der Waals surface area contributed by atoms with Gasteiger partial charge >= 0.3 is 11.9 Å². The van der Waals surface area contributed by atoms with E-state index in [1.54, 1.807) is 0 Å². The summed E-state index contributed by atoms with van der Waals surface area (Å²) in [4.78, 5) is 37.4. The predicted octanol–water partition coefficient (Wildman–Crippen LogP) is 8.98. The maximum absolute atomic E-state index is 12.9. The third-order valence-electron chi connectivity index (χ3n) is 8.49. The Morgan fingerprint density at radius 1 is 0.660 bits per heavy atom. The van der Waals surface area contributed by atoms with Crippen LogP contribution in [0.3, 0.4) is 0 Å². The van der Waals surface area contributed by atoms with E-state index in [-0.39, 0.29) is 19.4 Å². The molecular weight excluding hydrogens is 594 g/mol. The molecule has 0 heterocycles. The number of carboxylic acids is 1. The Morgan fingerprint density at radius 3 is 1.72 bits per heavy atom. The molecule has 0 fully saturated rings. The molecule has 47 heavy (non-hydrogen) atoms. The Hall–Kier alpha value is -2.45. The van der Waals surface area contributed by atoms with Gasteiger partial charge in [-0.1, -0.05) is 153 Å². The number of hydrogen-bond donors (Lipinski definition) is 2. The van der Waals surface area contributed by atoms with Crippen LogP contribution < -0.4 is 5.32 Å². The number of aliphatic carboxylic acids is 1. The van der Waals surface area contributed by atoms with Crippen LogP contribution >= 0.6 is 0 Å². The maximum Gasteiger partial charge on any atom is 0.332 e. The predicted molar refractivity (Wildman–Crippen MR) is 190 cm³/mol. The molecule has 0 aromatic heterocycles. The lowest BCUT2D eigenvalue weighted by atomic mass is 10.0. The van der Waals surface area contributed by atoms with E-state index in [0.717, 1.165) is 31.2 Å². The van der Waals surface area contributed by atoms with Crippen LogP contribution in [0.5, 0.6) is 0 Å². The highest BCUT2D eigenvalue weighted by molar-refractivity contribution is 5.84. The van der Waals surface area contributed by atoms with Gasteiger partial charge in [-0.05, 0) is 24.8 Å². The number of esters is 1. The van der Waals surface area contributed by atoms with Gasteiger partial charge in [0.2, 0.25) is 5.91 Å². The van der Waals surface area contributed by atoms with Crippen LogP contribution in [-0.2, 0) is 35.0 Å². The highest BCUT2D eigenvalue weighted by Gasteiger charge is 2.24. The molecule has 0 saturated carbocycles. The minimum Gasteiger partial charge on any atom is -0.480 e. The molecule has 2 N–H and O–H groups in total. The lowest BCUT2D eigenvalue weighted by Crippen LogP contribution is -2.43. The first kappa shape index (κ1) is 42.6. The van der Waals surface area contributed by atoms with E-state index >= 15 is 0 Å². The Balaban J connectivity index is 2.40. The Morgan fingerprint density at radius 2 is 1.17 bits per heavy atom. The smallest absolute Gasteiger partial charge is 0.332 e. The summed E-state index contributed by atoms with van der Waals surface area (Å²) in [6.07, 6.45) is 23.3. The second-order valence-electron chi connectivity index (χ2n) is 12.9. The first-order valence-electron chi connectivity index (χ1n) is 18.9. The van der Waals surface area contributed by atoms with Gasteiger partial charge in [-0.25, -0.2) is 9.59 Å². The fourth-order valence-corrected chi connectivity index (χ4v) is 5.68. The number of nitrogens with one attached hydrogen (secondary N) is 1. The number of ether oxygens (including phenoxy) is 3. The fourth-order valence-electron chi connectivity index (χ4n) is 5.68. The third-order valence-corrected chi connectivity index (χ3v) is 8.49. The highest BCUT2D eigenvalue weighted by Crippen LogP contribution is 2.16. The Bertz CT molecular complexity index is 895. The summed E-state index contributed by atoms with van der Waals surface area (Å²) in [5.74, 6) is -2.06. The summed E-state index contributed by atoms with van der Waals surface area (Å²) >= 11 is 0. The van der Waals surface area contributed by atoms with E-state index in [9.17, 15) is 19.5 Å². The topological polar surface area (TPSA) is 111 Å². The van der Waals surface area contributed by atoms with Crippen molar-refractivity contribution in [2.75, 3.05) is 26.4 Å². The van der Waals surface area contributed by atoms with Gasteiger partial charge in [0.15, 0.2) is 0 Å². The molecule has 2 atom stereocenters. The number of rotatable bonds is 33. The van der Waals surface area contributed by atoms with Crippen LogP contribution in [0.1, 0.15) is 154 Å². The number of carboxylic acid groups (broad SMARTS) is 1. The Labute approximate surface area is 286 Å². The van der Waals surface area contributed by atoms with Crippen molar-refractivity contribution >= 4 is 17.8 Å². The summed E-state index contributed by atoms with van der Waals surface area (Å²) in [6, 6.07) is 8.15. The lowest BCUT2D eigenvalue weighted by molar-refractivity contribution is -0.156. The second-order valence-corrected chi connectivity index (χ2v) is 12.9. The fraction of sp³-hybridized carbons (Fsp3) is 0.769. The summed E-state index contributed by atoms with van der Waals surface area (Å²) in [7, 11) is 0. The van der Waals surface area contributed by atoms with Crippen molar-refractivity contribution in [2.24, 2.45) is 0 Å². The highest BCUT2D eigenvalue weighted by atomic mass is 16.6. The molecular formula is C39H67NO7. The van der Waals surface area contributed by atoms with Gasteiger partial charge in [-0.15, -0.1) is 0 Å². The zero-order valence-corrected chi connectivity index (χ0v) is 29.8. The van der Waals surface area contributed by atoms with Crippen LogP contribution in [-0.4, -0.2) is 61.5 Å². The van der Waals surface area contributed by atoms with Crippen molar-refractivity contribution in [3.63, 3.8) is 0 Å². The molecule has 1 aromatic carbocycles. The zero-order chi connectivity index (χ0) is 34.2. The minimum absolute atomic E-state index is 0.0796. The monoisotopic (exact) mass is 661 g/mol. The lowest BCUT2D eigenvalue weighted by Gasteiger charge is -2.20. The van der Waals surface area contributed by atoms with E-state index in [1.807, 2.05) is 30.3 Å². The molecule has 0 bridgehead atoms. The van der Waals surface area contributed by atoms with Gasteiger partial charge in [0, 0.05) is 13.0 Å². The molecule has 1 amide bonds. The Kier molecular flexibility index (Phi) is 27.9. The van der Waals surface area contributed by atoms with E-state index in [4.69, 9.17) is 14.2 Å². The van der Waals surface area contributed by atoms with Gasteiger partial charge < -0.3 is 24.6 Å². The van der Waals surface area contributed by atoms with Gasteiger partial charge in [0.05, 0.1) is 19.6 Å². The molecule has 0 spiro atoms. The van der Waals surface area contributed by atoms with Crippen molar-refractivity contribution in [3.05, 3.63) is 35.9 Å². The normalized spacial score (nSPS) is 12.5. The maximum atomic E-state index is 12.9. The molecule has 1 rings (SSSR count). The molecule has 0 aliphatic heterocycles. The number of unbranched alkanes of at least 4 members (excludes halogenated alkanes) is 17. The number of amides is 1. The first-order chi connectivity index (χ1) is 23.0. The SMILES string of the molecule is CCCCCCCCCCCCCC(CC(=O)N[C@@H](Cc1ccccc1)C(=O)O)OC(=O)COCCOCCCCCCCCCC. The summed E-state index contributed by atoms with van der Waals surface area (Å²) in [5, 5.41) is 12.3. The molecule has 270 valence electrons. The van der Waals surface area contributed by atoms with Crippen LogP contribution in [0.15, 0.2) is 30.3 Å². The van der Waals surface area contributed by atoms with Gasteiger partial charge in [0.25, 0.3) is 0 Å². The summed E-state index contributed by atoms with van der Waals surface area (Å²) in [5.41, 5.74) is 0.822. The van der Waals surface area contributed by atoms with Crippen LogP contribution in [0.25, 0.3) is 0 Å². The summed E-state index contributed by atoms with van der Waals surface area (Å²) in [6.45, 7) is 5.68. The van der Waals surface area contributed by atoms with E-state index in [0.29, 0.717) is 26.2 Å². The molecule has 0 aliphatic rings. The average molecular weight is 662 g/mol. The van der Waals surface area contributed by atoms with Crippen molar-refractivity contribution in [2.45, 2.75) is 167 Å². The molecule has 0 saturated heterocycles. The molecule has 1 aromatic rings. The molecule has 1 unspecified atom stereocenters. The van der Waals surface area contributed by atoms with Crippen LogP contribution in [0, 0.1) is 0 Å². The summed E-state index contributed by atoms with van der Waals surface area (Å²) < 4.78 is 16.8. The third kappa shape index (κ3) is 26.2. The van der Waals surface area contributed by atoms with E-state index in [1.165, 1.54) is 96.3 Å². The van der Waals surface area contributed by atoms with Gasteiger partial charge in [-0.3, -0.25) is 4.79 Å². The van der Waals surface area contributed by atoms with Crippen LogP contribution in [0.2, 0.25) is 0 Å². The van der Waals surface area contributed by atoms with Gasteiger partial charge in [0.1, 0.15) is 18.8 Å². The van der Waals surface area contributed by atoms with Crippen LogP contribution in [0.4, 0.5) is 0 Å². The molecule has 0 radical (unpaired) electrons. The van der Waals surface area contributed by atoms with Crippen molar-refractivity contribution in [1.29, 1.82) is 0 Å². The molecule has 8 nitrogen and oxygen atoms in total. The molecule has 8 heteroatoms. The standard InChI is InChI=1S/C39H67NO7/c1-3-5-7-9-11-13-14-15-16-18-23-27-35(32-37(41)40-36(39(43)44)31-34-25-21-20-22-26-34)47-38(42)33-46-30-29-45-28-24-19-17-12-10-8-6-4-2/h20-22,25-26,35-36H,3-19,23-24,27-33H2,1-2H3,(H,40,41)(H,43,44)/t35?,36-/m0/s1. The zero-order valence-electron chi connectivity index (χ0n) is 29.8. The quantitative estimate of drug-likeness (QED) is 0.0571. The first-order valence-corrected chi connectivity index (χ1v) is 18.9. The van der Waals surface area contributed by atoms with Crippen molar-refractivity contribution < 1.29 is 33.7 Å². The second kappa shape index (κ2) is 30.9. The number of benzene rings is 1. The molecule has 0 aliphatic carbocycles. The minimum atomic E-state index is -1.10. The number of carbonyl (C=O) groups excluding carboxylic acids is 2. The average Bonchev–Trinajstić information content (AvgIpc) is 3.05. The van der Waals surface area contributed by atoms with Crippen molar-refractivity contribution in [1.82, 2.24) is 5.32 Å². The van der Waals surface area contributed by atoms with Gasteiger partial charge in [-0.2, -0.15) is 0 Å². The largest absolute Gasteiger partial charge is 0.480 e.